The third-order valence-electron chi connectivity index (χ3n) is 1.77. The van der Waals surface area contributed by atoms with Crippen LogP contribution in [0.4, 0.5) is 0 Å². The standard InChI is InChI=1S/C10H7N3O2PS/c1-2-14-16(17)15-10-11-8-13(12-10)9-6-4-3-5-7-9/h1,3-8H/q+1. The normalized spacial score (nSPS) is 10.4. The SMILES string of the molecule is C#CO[P+](=S)Oc1ncn(-c2ccccc2)n1. The zero-order valence-electron chi connectivity index (χ0n) is 8.56. The van der Waals surface area contributed by atoms with Crippen molar-refractivity contribution in [3.05, 3.63) is 36.7 Å². The summed E-state index contributed by atoms with van der Waals surface area (Å²) in [6, 6.07) is 9.66. The molecule has 0 amide bonds. The van der Waals surface area contributed by atoms with Crippen LogP contribution in [0, 0.1) is 12.5 Å². The van der Waals surface area contributed by atoms with Crippen molar-refractivity contribution in [2.45, 2.75) is 0 Å². The summed E-state index contributed by atoms with van der Waals surface area (Å²) in [4.78, 5) is 3.95. The lowest BCUT2D eigenvalue weighted by Crippen LogP contribution is -1.94. The molecule has 0 aliphatic heterocycles. The lowest BCUT2D eigenvalue weighted by Gasteiger charge is -1.96. The van der Waals surface area contributed by atoms with E-state index in [0.717, 1.165) is 5.69 Å². The molecule has 1 atom stereocenters. The average Bonchev–Trinajstić information content (AvgIpc) is 2.79. The molecule has 5 nitrogen and oxygen atoms in total. The third kappa shape index (κ3) is 3.00. The minimum absolute atomic E-state index is 0.144. The average molecular weight is 264 g/mol. The van der Waals surface area contributed by atoms with E-state index in [-0.39, 0.29) is 6.01 Å². The van der Waals surface area contributed by atoms with Gasteiger partial charge in [-0.3, -0.25) is 0 Å². The predicted molar refractivity (Wildman–Crippen MR) is 66.2 cm³/mol. The molecule has 0 radical (unpaired) electrons. The number of benzene rings is 1. The van der Waals surface area contributed by atoms with Crippen LogP contribution in [0.1, 0.15) is 0 Å². The molecule has 1 unspecified atom stereocenters. The minimum atomic E-state index is -1.60. The second-order valence-corrected chi connectivity index (χ2v) is 4.54. The summed E-state index contributed by atoms with van der Waals surface area (Å²) in [6.45, 7) is 0. The van der Waals surface area contributed by atoms with Gasteiger partial charge in [-0.2, -0.15) is 14.0 Å². The molecule has 1 aromatic heterocycles. The number of hydrogen-bond donors (Lipinski definition) is 0. The van der Waals surface area contributed by atoms with Crippen LogP contribution in [0.2, 0.25) is 0 Å². The van der Waals surface area contributed by atoms with E-state index in [1.807, 2.05) is 36.4 Å². The van der Waals surface area contributed by atoms with Crippen LogP contribution in [0.3, 0.4) is 0 Å². The maximum absolute atomic E-state index is 5.13. The van der Waals surface area contributed by atoms with Crippen molar-refractivity contribution in [2.75, 3.05) is 0 Å². The minimum Gasteiger partial charge on any atom is -0.217 e. The van der Waals surface area contributed by atoms with Gasteiger partial charge in [0, 0.05) is 0 Å². The summed E-state index contributed by atoms with van der Waals surface area (Å²) in [5, 5.41) is 4.09. The van der Waals surface area contributed by atoms with E-state index in [4.69, 9.17) is 22.8 Å². The Hall–Kier alpha value is -1.96. The van der Waals surface area contributed by atoms with E-state index in [0.29, 0.717) is 0 Å². The molecule has 0 aliphatic carbocycles. The first kappa shape index (κ1) is 11.5. The van der Waals surface area contributed by atoms with Gasteiger partial charge in [0.2, 0.25) is 0 Å². The van der Waals surface area contributed by atoms with E-state index in [9.17, 15) is 0 Å². The second kappa shape index (κ2) is 5.39. The fraction of sp³-hybridized carbons (Fsp3) is 0. The fourth-order valence-corrected chi connectivity index (χ4v) is 1.79. The van der Waals surface area contributed by atoms with E-state index in [1.54, 1.807) is 4.68 Å². The molecule has 84 valence electrons. The Morgan fingerprint density at radius 3 is 2.82 bits per heavy atom. The number of para-hydroxylation sites is 1. The molecular formula is C10H7N3O2PS+. The fourth-order valence-electron chi connectivity index (χ4n) is 1.12. The largest absolute Gasteiger partial charge is 0.639 e. The molecule has 1 aromatic carbocycles. The van der Waals surface area contributed by atoms with E-state index in [1.165, 1.54) is 6.33 Å². The Balaban J connectivity index is 2.12. The molecule has 0 N–H and O–H groups in total. The van der Waals surface area contributed by atoms with Gasteiger partial charge in [0.1, 0.15) is 6.33 Å². The molecule has 1 heterocycles. The molecule has 0 bridgehead atoms. The maximum atomic E-state index is 5.13. The number of terminal acetylenes is 1. The molecule has 0 spiro atoms. The van der Waals surface area contributed by atoms with Gasteiger partial charge >= 0.3 is 13.2 Å². The maximum Gasteiger partial charge on any atom is 0.639 e. The second-order valence-electron chi connectivity index (χ2n) is 2.83. The van der Waals surface area contributed by atoms with Crippen LogP contribution in [-0.4, -0.2) is 14.8 Å². The number of aromatic nitrogens is 3. The van der Waals surface area contributed by atoms with Gasteiger partial charge in [-0.1, -0.05) is 24.6 Å². The van der Waals surface area contributed by atoms with Crippen molar-refractivity contribution >= 4 is 19.0 Å². The summed E-state index contributed by atoms with van der Waals surface area (Å²) in [7, 11) is -1.60. The lowest BCUT2D eigenvalue weighted by atomic mass is 10.3. The van der Waals surface area contributed by atoms with Crippen molar-refractivity contribution < 1.29 is 9.05 Å². The Bertz CT molecular complexity index is 564. The number of rotatable bonds is 4. The smallest absolute Gasteiger partial charge is 0.217 e. The molecule has 17 heavy (non-hydrogen) atoms. The zero-order chi connectivity index (χ0) is 12.1. The van der Waals surface area contributed by atoms with Crippen LogP contribution in [0.15, 0.2) is 36.7 Å². The number of nitrogens with zero attached hydrogens (tertiary/aromatic N) is 3. The van der Waals surface area contributed by atoms with Crippen molar-refractivity contribution in [2.24, 2.45) is 0 Å². The van der Waals surface area contributed by atoms with Crippen LogP contribution in [0.5, 0.6) is 6.01 Å². The van der Waals surface area contributed by atoms with Gasteiger partial charge in [0.15, 0.2) is 6.11 Å². The van der Waals surface area contributed by atoms with Crippen LogP contribution >= 0.6 is 7.15 Å². The van der Waals surface area contributed by atoms with Crippen molar-refractivity contribution in [1.82, 2.24) is 14.8 Å². The van der Waals surface area contributed by atoms with Gasteiger partial charge in [-0.25, -0.2) is 4.68 Å². The highest BCUT2D eigenvalue weighted by molar-refractivity contribution is 8.00. The quantitative estimate of drug-likeness (QED) is 0.624. The van der Waals surface area contributed by atoms with Crippen LogP contribution in [-0.2, 0) is 16.3 Å². The summed E-state index contributed by atoms with van der Waals surface area (Å²) in [6.07, 6.45) is 8.42. The molecule has 0 fully saturated rings. The molecule has 2 aromatic rings. The van der Waals surface area contributed by atoms with E-state index in [2.05, 4.69) is 14.6 Å². The van der Waals surface area contributed by atoms with Crippen LogP contribution < -0.4 is 4.52 Å². The summed E-state index contributed by atoms with van der Waals surface area (Å²) >= 11 is 4.83. The van der Waals surface area contributed by atoms with E-state index >= 15 is 0 Å². The first-order chi connectivity index (χ1) is 8.29. The Morgan fingerprint density at radius 2 is 2.12 bits per heavy atom. The molecular weight excluding hydrogens is 257 g/mol. The predicted octanol–water partition coefficient (Wildman–Crippen LogP) is 2.03. The van der Waals surface area contributed by atoms with Gasteiger partial charge < -0.3 is 0 Å². The van der Waals surface area contributed by atoms with Gasteiger partial charge in [0.25, 0.3) is 11.8 Å². The van der Waals surface area contributed by atoms with Gasteiger partial charge in [-0.05, 0) is 12.1 Å². The Kier molecular flexibility index (Phi) is 3.66. The highest BCUT2D eigenvalue weighted by atomic mass is 32.4. The lowest BCUT2D eigenvalue weighted by molar-refractivity contribution is 0.468. The summed E-state index contributed by atoms with van der Waals surface area (Å²) < 4.78 is 11.4. The van der Waals surface area contributed by atoms with Gasteiger partial charge in [0.05, 0.1) is 5.69 Å². The van der Waals surface area contributed by atoms with Crippen molar-refractivity contribution in [3.63, 3.8) is 0 Å². The van der Waals surface area contributed by atoms with Crippen molar-refractivity contribution in [3.8, 4) is 24.2 Å². The number of hydrogen-bond acceptors (Lipinski definition) is 5. The molecule has 0 saturated heterocycles. The Morgan fingerprint density at radius 1 is 1.35 bits per heavy atom. The first-order valence-electron chi connectivity index (χ1n) is 4.54. The highest BCUT2D eigenvalue weighted by Gasteiger charge is 2.19. The monoisotopic (exact) mass is 264 g/mol. The third-order valence-corrected chi connectivity index (χ3v) is 2.79. The molecule has 0 saturated carbocycles. The Labute approximate surface area is 104 Å². The van der Waals surface area contributed by atoms with E-state index < -0.39 is 7.15 Å². The summed E-state index contributed by atoms with van der Waals surface area (Å²) in [5.41, 5.74) is 0.876. The summed E-state index contributed by atoms with van der Waals surface area (Å²) in [5.74, 6) is 0. The molecule has 2 rings (SSSR count). The molecule has 7 heteroatoms. The topological polar surface area (TPSA) is 49.2 Å². The van der Waals surface area contributed by atoms with Crippen LogP contribution in [0.25, 0.3) is 5.69 Å². The van der Waals surface area contributed by atoms with Gasteiger partial charge in [-0.15, -0.1) is 5.10 Å². The van der Waals surface area contributed by atoms with Crippen molar-refractivity contribution in [1.29, 1.82) is 0 Å². The first-order valence-corrected chi connectivity index (χ1v) is 6.73. The zero-order valence-corrected chi connectivity index (χ0v) is 10.3. The molecule has 0 aliphatic rings. The highest BCUT2D eigenvalue weighted by Crippen LogP contribution is 2.24.